The van der Waals surface area contributed by atoms with E-state index < -0.39 is 16.6 Å². The quantitative estimate of drug-likeness (QED) is 0.0312. The van der Waals surface area contributed by atoms with Crippen LogP contribution in [0.5, 0.6) is 0 Å². The molecule has 4 heteroatoms. The van der Waals surface area contributed by atoms with Gasteiger partial charge in [0.15, 0.2) is 0 Å². The van der Waals surface area contributed by atoms with Crippen molar-refractivity contribution >= 4 is 27.0 Å². The van der Waals surface area contributed by atoms with Crippen LogP contribution >= 0.6 is 0 Å². The fraction of sp³-hybridized carbons (Fsp3) is 0.544. The van der Waals surface area contributed by atoms with Crippen LogP contribution in [0.1, 0.15) is 268 Å². The maximum Gasteiger partial charge on any atom is 0.213 e. The highest BCUT2D eigenvalue weighted by Crippen LogP contribution is 2.59. The molecule has 0 spiro atoms. The van der Waals surface area contributed by atoms with E-state index in [1.807, 2.05) is 0 Å². The molecule has 6 aromatic carbocycles. The van der Waals surface area contributed by atoms with E-state index in [9.17, 15) is 9.59 Å². The number of fused-ring (bicyclic) bond motifs is 9. The average molecular weight is 1150 g/mol. The molecule has 0 fully saturated rings. The van der Waals surface area contributed by atoms with Crippen LogP contribution in [0.25, 0.3) is 55.6 Å². The van der Waals surface area contributed by atoms with Crippen LogP contribution in [0.2, 0.25) is 26.2 Å². The molecule has 2 nitrogen and oxygen atoms in total. The summed E-state index contributed by atoms with van der Waals surface area (Å²) in [4.78, 5) is 23.3. The third kappa shape index (κ3) is 13.2. The lowest BCUT2D eigenvalue weighted by molar-refractivity contribution is 0.400. The van der Waals surface area contributed by atoms with E-state index in [1.54, 1.807) is 11.1 Å². The molecule has 83 heavy (non-hydrogen) atoms. The highest BCUT2D eigenvalue weighted by Gasteiger charge is 2.47. The second-order valence-corrected chi connectivity index (χ2v) is 35.2. The fourth-order valence-electron chi connectivity index (χ4n) is 16.1. The van der Waals surface area contributed by atoms with E-state index in [-0.39, 0.29) is 16.2 Å². The highest BCUT2D eigenvalue weighted by molar-refractivity contribution is 6.83. The van der Waals surface area contributed by atoms with Crippen LogP contribution in [-0.4, -0.2) is 26.2 Å². The van der Waals surface area contributed by atoms with Gasteiger partial charge in [-0.05, 0) is 188 Å². The molecule has 2 N–H and O–H groups in total. The summed E-state index contributed by atoms with van der Waals surface area (Å²) < 4.78 is 0. The van der Waals surface area contributed by atoms with Gasteiger partial charge < -0.3 is 9.59 Å². The van der Waals surface area contributed by atoms with Crippen molar-refractivity contribution < 1.29 is 9.59 Å². The molecule has 446 valence electrons. The topological polar surface area (TPSA) is 40.5 Å². The Morgan fingerprint density at radius 3 is 0.639 bits per heavy atom. The largest absolute Gasteiger partial charge is 0.428 e. The molecule has 3 aliphatic rings. The summed E-state index contributed by atoms with van der Waals surface area (Å²) in [6.45, 7) is 22.5. The molecule has 0 radical (unpaired) electrons. The summed E-state index contributed by atoms with van der Waals surface area (Å²) >= 11 is 0. The van der Waals surface area contributed by atoms with Gasteiger partial charge in [0.05, 0.1) is 0 Å². The summed E-state index contributed by atoms with van der Waals surface area (Å²) in [5, 5.41) is 2.33. The van der Waals surface area contributed by atoms with Gasteiger partial charge in [-0.2, -0.15) is 0 Å². The Hall–Kier alpha value is -4.33. The van der Waals surface area contributed by atoms with E-state index in [0.29, 0.717) is 0 Å². The molecule has 0 aromatic heterocycles. The molecule has 6 aromatic rings. The second-order valence-electron chi connectivity index (χ2n) is 27.8. The van der Waals surface area contributed by atoms with Gasteiger partial charge in [0.1, 0.15) is 0 Å². The SMILES string of the molecule is CCCCCCC1(CCCCCC)c2cc(-c3ccc4c(c3)C(CCCCCC)(CCCCCC)c3cc([Si](C)(C)O)ccc3-4)ccc2-c2ccc(-c3ccc4c(c3)C(CCCCCC)(CCCCCC)c3cc([Si](C)(C)O)ccc3-4)cc21. The Kier molecular flexibility index (Phi) is 21.3. The summed E-state index contributed by atoms with van der Waals surface area (Å²) in [6.07, 6.45) is 37.3. The summed E-state index contributed by atoms with van der Waals surface area (Å²) in [5.41, 5.74) is 23.0. The van der Waals surface area contributed by atoms with Crippen LogP contribution in [0.4, 0.5) is 0 Å². The minimum atomic E-state index is -2.55. The predicted octanol–water partition coefficient (Wildman–Crippen LogP) is 22.5. The lowest BCUT2D eigenvalue weighted by Crippen LogP contribution is -2.42. The van der Waals surface area contributed by atoms with Gasteiger partial charge in [-0.25, -0.2) is 0 Å². The zero-order valence-electron chi connectivity index (χ0n) is 54.0. The maximum absolute atomic E-state index is 11.6. The monoisotopic (exact) mass is 1150 g/mol. The van der Waals surface area contributed by atoms with Gasteiger partial charge in [-0.1, -0.05) is 281 Å². The molecule has 0 bridgehead atoms. The maximum atomic E-state index is 11.6. The lowest BCUT2D eigenvalue weighted by atomic mass is 9.69. The van der Waals surface area contributed by atoms with Gasteiger partial charge in [0, 0.05) is 16.2 Å². The van der Waals surface area contributed by atoms with Gasteiger partial charge >= 0.3 is 0 Å². The molecule has 0 saturated carbocycles. The molecule has 0 aliphatic heterocycles. The second kappa shape index (κ2) is 28.0. The molecule has 9 rings (SSSR count). The van der Waals surface area contributed by atoms with Crippen molar-refractivity contribution in [2.45, 2.75) is 277 Å². The van der Waals surface area contributed by atoms with Crippen LogP contribution in [0.15, 0.2) is 109 Å². The van der Waals surface area contributed by atoms with Gasteiger partial charge in [0.2, 0.25) is 16.6 Å². The first-order valence-corrected chi connectivity index (χ1v) is 40.4. The Morgan fingerprint density at radius 2 is 0.446 bits per heavy atom. The smallest absolute Gasteiger partial charge is 0.213 e. The molecular formula is C79H110O2Si2. The minimum absolute atomic E-state index is 0.0611. The lowest BCUT2D eigenvalue weighted by Gasteiger charge is -2.34. The van der Waals surface area contributed by atoms with Crippen molar-refractivity contribution in [1.82, 2.24) is 0 Å². The Morgan fingerprint density at radius 1 is 0.253 bits per heavy atom. The number of rotatable bonds is 34. The molecule has 0 amide bonds. The van der Waals surface area contributed by atoms with Gasteiger partial charge in [-0.3, -0.25) is 0 Å². The predicted molar refractivity (Wildman–Crippen MR) is 367 cm³/mol. The zero-order chi connectivity index (χ0) is 58.8. The molecule has 0 unspecified atom stereocenters. The third-order valence-corrected chi connectivity index (χ3v) is 24.4. The molecule has 3 aliphatic carbocycles. The fourth-order valence-corrected chi connectivity index (χ4v) is 18.1. The number of hydrogen-bond acceptors (Lipinski definition) is 2. The van der Waals surface area contributed by atoms with Crippen LogP contribution in [-0.2, 0) is 16.2 Å². The standard InChI is InChI=1S/C79H110O2Si2/c1-11-17-23-29-47-77(48-30-24-18-12-2)71-53-59(61-37-43-67-69-45-39-63(82(7,8)80)57-75(69)78(73(67)55-61,49-31-25-19-13-3)50-32-26-20-14-4)35-41-65(71)66-42-36-60(54-72(66)77)62-38-44-68-70-46-40-64(83(9,10)81)58-76(70)79(74(68)56-62,51-33-27-21-15-5)52-34-28-22-16-6/h35-46,53-58,80-81H,11-34,47-52H2,1-10H3. The van der Waals surface area contributed by atoms with Crippen molar-refractivity contribution in [2.24, 2.45) is 0 Å². The van der Waals surface area contributed by atoms with Crippen molar-refractivity contribution in [1.29, 1.82) is 0 Å². The molecule has 0 saturated heterocycles. The number of hydrogen-bond donors (Lipinski definition) is 2. The normalized spacial score (nSPS) is 15.0. The molecular weight excluding hydrogens is 1040 g/mol. The third-order valence-electron chi connectivity index (χ3n) is 20.9. The van der Waals surface area contributed by atoms with Gasteiger partial charge in [-0.15, -0.1) is 0 Å². The van der Waals surface area contributed by atoms with Crippen molar-refractivity contribution in [2.75, 3.05) is 0 Å². The van der Waals surface area contributed by atoms with Crippen molar-refractivity contribution in [3.8, 4) is 55.6 Å². The van der Waals surface area contributed by atoms with E-state index in [0.717, 1.165) is 0 Å². The van der Waals surface area contributed by atoms with Crippen molar-refractivity contribution in [3.63, 3.8) is 0 Å². The van der Waals surface area contributed by atoms with E-state index >= 15 is 0 Å². The van der Waals surface area contributed by atoms with E-state index in [2.05, 4.69) is 177 Å². The summed E-state index contributed by atoms with van der Waals surface area (Å²) in [7, 11) is -5.09. The van der Waals surface area contributed by atoms with E-state index in [1.165, 1.54) is 281 Å². The van der Waals surface area contributed by atoms with Gasteiger partial charge in [0.25, 0.3) is 0 Å². The van der Waals surface area contributed by atoms with E-state index in [4.69, 9.17) is 0 Å². The minimum Gasteiger partial charge on any atom is -0.428 e. The Bertz CT molecular complexity index is 2870. The summed E-state index contributed by atoms with van der Waals surface area (Å²) in [6, 6.07) is 44.9. The first-order chi connectivity index (χ1) is 40.1. The number of unbranched alkanes of at least 4 members (excludes halogenated alkanes) is 18. The Labute approximate surface area is 508 Å². The van der Waals surface area contributed by atoms with Crippen molar-refractivity contribution in [3.05, 3.63) is 143 Å². The highest BCUT2D eigenvalue weighted by atomic mass is 28.4. The number of benzene rings is 6. The summed E-state index contributed by atoms with van der Waals surface area (Å²) in [5.74, 6) is 0. The van der Waals surface area contributed by atoms with Crippen LogP contribution < -0.4 is 10.4 Å². The van der Waals surface area contributed by atoms with Crippen LogP contribution in [0.3, 0.4) is 0 Å². The first-order valence-electron chi connectivity index (χ1n) is 34.5. The molecule has 0 heterocycles. The molecule has 0 atom stereocenters. The average Bonchev–Trinajstić information content (AvgIpc) is 2.27. The van der Waals surface area contributed by atoms with Crippen LogP contribution in [0, 0.1) is 0 Å². The first kappa shape index (κ1) is 63.2. The Balaban J connectivity index is 1.18. The zero-order valence-corrected chi connectivity index (χ0v) is 56.0.